The third kappa shape index (κ3) is 10.9. The molecule has 0 spiro atoms. The largest absolute Gasteiger partial charge is 1.00 e. The van der Waals surface area contributed by atoms with Crippen molar-refractivity contribution >= 4 is 10.3 Å². The van der Waals surface area contributed by atoms with Crippen LogP contribution >= 0.6 is 0 Å². The summed E-state index contributed by atoms with van der Waals surface area (Å²) < 4.78 is 25.8. The monoisotopic (exact) mass is 137 g/mol. The quantitative estimate of drug-likeness (QED) is 0.195. The smallest absolute Gasteiger partial charge is 1.00 e. The Labute approximate surface area is 64.3 Å². The summed E-state index contributed by atoms with van der Waals surface area (Å²) in [6.07, 6.45) is 0. The molecule has 3 N–H and O–H groups in total. The summed E-state index contributed by atoms with van der Waals surface area (Å²) in [5, 5.41) is 7.31. The second-order valence-corrected chi connectivity index (χ2v) is 1.70. The molecular weight excluding hydrogens is 133 g/mol. The fourth-order valence-electron chi connectivity index (χ4n) is 0. The van der Waals surface area contributed by atoms with Crippen LogP contribution in [0.1, 0.15) is 1.43 Å². The average Bonchev–Trinajstić information content (AvgIpc) is 1.35. The van der Waals surface area contributed by atoms with Crippen LogP contribution in [0.3, 0.4) is 0 Å². The summed E-state index contributed by atoms with van der Waals surface area (Å²) in [6, 6.07) is 0. The van der Waals surface area contributed by atoms with Crippen LogP contribution in [0.15, 0.2) is 0 Å². The van der Waals surface area contributed by atoms with Crippen molar-refractivity contribution in [2.75, 3.05) is 0 Å². The Morgan fingerprint density at radius 3 is 1.71 bits per heavy atom. The summed E-state index contributed by atoms with van der Waals surface area (Å²) >= 11 is 0. The van der Waals surface area contributed by atoms with Gasteiger partial charge in [0.2, 0.25) is 0 Å². The fraction of sp³-hybridized carbons (Fsp3) is 0. The number of hydrogen-bond donors (Lipinski definition) is 3. The molecule has 0 rings (SSSR count). The molecule has 0 saturated carbocycles. The Kier molecular flexibility index (Phi) is 5.81. The molecule has 0 aliphatic carbocycles. The normalized spacial score (nSPS) is 10.0. The van der Waals surface area contributed by atoms with Gasteiger partial charge in [0.1, 0.15) is 0 Å². The molecule has 7 heavy (non-hydrogen) atoms. The van der Waals surface area contributed by atoms with Crippen molar-refractivity contribution in [1.29, 1.82) is 0 Å². The van der Waals surface area contributed by atoms with Gasteiger partial charge in [0, 0.05) is 0 Å². The van der Waals surface area contributed by atoms with Gasteiger partial charge in [-0.05, 0) is 0 Å². The number of nitrogens with one attached hydrogen (secondary N) is 1. The summed E-state index contributed by atoms with van der Waals surface area (Å²) in [7, 11) is -4.36. The molecule has 0 atom stereocenters. The maximum absolute atomic E-state index is 9.19. The van der Waals surface area contributed by atoms with E-state index in [2.05, 4.69) is 0 Å². The van der Waals surface area contributed by atoms with Gasteiger partial charge in [-0.15, -0.1) is 0 Å². The van der Waals surface area contributed by atoms with Crippen LogP contribution in [0.5, 0.6) is 0 Å². The van der Waals surface area contributed by atoms with Crippen molar-refractivity contribution < 1.29 is 49.2 Å². The maximum atomic E-state index is 9.19. The zero-order valence-electron chi connectivity index (χ0n) is 4.62. The zero-order chi connectivity index (χ0) is 5.21. The Morgan fingerprint density at radius 1 is 1.57 bits per heavy atom. The molecule has 0 aromatic heterocycles. The topological polar surface area (TPSA) is 86.6 Å². The third-order valence-corrected chi connectivity index (χ3v) is 0.346. The number of hydrogen-bond acceptors (Lipinski definition) is 3. The molecule has 0 heterocycles. The van der Waals surface area contributed by atoms with E-state index >= 15 is 0 Å². The van der Waals surface area contributed by atoms with Gasteiger partial charge in [-0.1, -0.05) is 4.89 Å². The van der Waals surface area contributed by atoms with Gasteiger partial charge in [0.15, 0.2) is 0 Å². The van der Waals surface area contributed by atoms with E-state index in [0.717, 1.165) is 0 Å². The molecular formula is H4NNaO4S. The van der Waals surface area contributed by atoms with E-state index < -0.39 is 10.3 Å². The summed E-state index contributed by atoms with van der Waals surface area (Å²) in [6.45, 7) is 0. The van der Waals surface area contributed by atoms with Crippen LogP contribution in [0.2, 0.25) is 0 Å². The van der Waals surface area contributed by atoms with E-state index in [-0.39, 0.29) is 31.0 Å². The van der Waals surface area contributed by atoms with Gasteiger partial charge in [-0.3, -0.25) is 4.55 Å². The predicted molar refractivity (Wildman–Crippen MR) is 17.6 cm³/mol. The van der Waals surface area contributed by atoms with Crippen LogP contribution in [-0.4, -0.2) is 18.2 Å². The summed E-state index contributed by atoms with van der Waals surface area (Å²) in [5.41, 5.74) is 0. The van der Waals surface area contributed by atoms with E-state index in [9.17, 15) is 8.42 Å². The van der Waals surface area contributed by atoms with Crippen molar-refractivity contribution in [3.8, 4) is 0 Å². The first-order chi connectivity index (χ1) is 2.56. The van der Waals surface area contributed by atoms with Crippen LogP contribution in [-0.2, 0) is 10.3 Å². The van der Waals surface area contributed by atoms with Crippen LogP contribution in [0, 0.1) is 0 Å². The fourth-order valence-corrected chi connectivity index (χ4v) is 0. The van der Waals surface area contributed by atoms with Crippen LogP contribution in [0.4, 0.5) is 0 Å². The van der Waals surface area contributed by atoms with E-state index in [0.29, 0.717) is 4.89 Å². The Hall–Kier alpha value is 0.830. The standard InChI is InChI=1S/H3NO4S.Na.H/c2-1-6(3,4)5;;/h1-2H,(H,3,4,5);;/q;+1;-1. The third-order valence-electron chi connectivity index (χ3n) is 0.115. The van der Waals surface area contributed by atoms with Crippen LogP contribution < -0.4 is 34.4 Å². The van der Waals surface area contributed by atoms with Crippen molar-refractivity contribution in [3.63, 3.8) is 0 Å². The van der Waals surface area contributed by atoms with Crippen molar-refractivity contribution in [2.45, 2.75) is 0 Å². The molecule has 0 bridgehead atoms. The maximum Gasteiger partial charge on any atom is 1.00 e. The average molecular weight is 137 g/mol. The molecule has 0 aliphatic rings. The Bertz CT molecular complexity index is 118. The molecule has 0 radical (unpaired) electrons. The predicted octanol–water partition coefficient (Wildman–Crippen LogP) is -4.12. The number of rotatable bonds is 1. The first-order valence-electron chi connectivity index (χ1n) is 0.944. The molecule has 7 heteroatoms. The van der Waals surface area contributed by atoms with Crippen molar-refractivity contribution in [3.05, 3.63) is 0 Å². The SMILES string of the molecule is O=S(=O)(O)NO.[H-].[Na+]. The van der Waals surface area contributed by atoms with Gasteiger partial charge in [-0.2, -0.15) is 8.42 Å². The first kappa shape index (κ1) is 10.7. The Morgan fingerprint density at radius 2 is 1.71 bits per heavy atom. The molecule has 0 amide bonds. The molecule has 0 aromatic carbocycles. The minimum atomic E-state index is -4.36. The van der Waals surface area contributed by atoms with E-state index in [4.69, 9.17) is 9.76 Å². The molecule has 0 saturated heterocycles. The zero-order valence-corrected chi connectivity index (χ0v) is 6.44. The van der Waals surface area contributed by atoms with E-state index in [1.54, 1.807) is 0 Å². The van der Waals surface area contributed by atoms with Gasteiger partial charge in [-0.25, -0.2) is 0 Å². The van der Waals surface area contributed by atoms with E-state index in [1.807, 2.05) is 0 Å². The Balaban J connectivity index is -0.000000125. The molecule has 0 unspecified atom stereocenters. The summed E-state index contributed by atoms with van der Waals surface area (Å²) in [4.78, 5) is 0.632. The van der Waals surface area contributed by atoms with Crippen molar-refractivity contribution in [2.24, 2.45) is 0 Å². The molecule has 0 fully saturated rings. The molecule has 5 nitrogen and oxygen atoms in total. The molecule has 40 valence electrons. The minimum Gasteiger partial charge on any atom is -1.00 e. The van der Waals surface area contributed by atoms with E-state index in [1.165, 1.54) is 0 Å². The van der Waals surface area contributed by atoms with Gasteiger partial charge in [0.25, 0.3) is 0 Å². The summed E-state index contributed by atoms with van der Waals surface area (Å²) in [5.74, 6) is 0. The van der Waals surface area contributed by atoms with Crippen LogP contribution in [0.25, 0.3) is 0 Å². The minimum absolute atomic E-state index is 0. The van der Waals surface area contributed by atoms with Gasteiger partial charge in [0.05, 0.1) is 0 Å². The molecule has 0 aliphatic heterocycles. The molecule has 0 aromatic rings. The first-order valence-corrected chi connectivity index (χ1v) is 2.38. The van der Waals surface area contributed by atoms with Gasteiger partial charge < -0.3 is 6.63 Å². The second-order valence-electron chi connectivity index (χ2n) is 0.566. The van der Waals surface area contributed by atoms with Gasteiger partial charge >= 0.3 is 39.9 Å². The van der Waals surface area contributed by atoms with Crippen molar-refractivity contribution in [1.82, 2.24) is 4.89 Å². The second kappa shape index (κ2) is 3.79.